The first kappa shape index (κ1) is 27.0. The lowest BCUT2D eigenvalue weighted by Crippen LogP contribution is -2.49. The van der Waals surface area contributed by atoms with Gasteiger partial charge >= 0.3 is 0 Å². The van der Waals surface area contributed by atoms with E-state index in [0.29, 0.717) is 41.9 Å². The van der Waals surface area contributed by atoms with E-state index in [1.165, 1.54) is 5.56 Å². The van der Waals surface area contributed by atoms with Crippen LogP contribution in [0.1, 0.15) is 39.3 Å². The predicted octanol–water partition coefficient (Wildman–Crippen LogP) is 4.01. The number of nitrogens with zero attached hydrogens (tertiary/aromatic N) is 6. The van der Waals surface area contributed by atoms with Gasteiger partial charge in [0.15, 0.2) is 0 Å². The molecule has 2 aromatic heterocycles. The van der Waals surface area contributed by atoms with Gasteiger partial charge in [-0.05, 0) is 51.8 Å². The van der Waals surface area contributed by atoms with Crippen LogP contribution in [0.3, 0.4) is 0 Å². The maximum absolute atomic E-state index is 12.1. The highest BCUT2D eigenvalue weighted by Gasteiger charge is 2.27. The number of nitrogens with one attached hydrogen (secondary N) is 1. The Bertz CT molecular complexity index is 1250. The first-order valence-electron chi connectivity index (χ1n) is 12.7. The van der Waals surface area contributed by atoms with Gasteiger partial charge < -0.3 is 24.8 Å². The van der Waals surface area contributed by atoms with Crippen molar-refractivity contribution in [2.45, 2.75) is 45.7 Å². The molecule has 3 heterocycles. The van der Waals surface area contributed by atoms with Crippen LogP contribution in [0.25, 0.3) is 10.9 Å². The average molecular weight is 528 g/mol. The Kier molecular flexibility index (Phi) is 7.85. The van der Waals surface area contributed by atoms with Gasteiger partial charge in [-0.25, -0.2) is 4.98 Å². The number of hydrogen-bond acceptors (Lipinski definition) is 7. The fraction of sp³-hybridized carbons (Fsp3) is 0.519. The summed E-state index contributed by atoms with van der Waals surface area (Å²) in [6.45, 7) is 11.6. The Hall–Kier alpha value is -3.04. The van der Waals surface area contributed by atoms with E-state index in [4.69, 9.17) is 21.6 Å². The van der Waals surface area contributed by atoms with E-state index in [9.17, 15) is 9.90 Å². The molecule has 10 heteroatoms. The fourth-order valence-corrected chi connectivity index (χ4v) is 4.75. The first-order chi connectivity index (χ1) is 17.4. The second-order valence-electron chi connectivity index (χ2n) is 11.0. The number of amides is 1. The fourth-order valence-electron chi connectivity index (χ4n) is 4.62. The lowest BCUT2D eigenvalue weighted by molar-refractivity contribution is -0.129. The summed E-state index contributed by atoms with van der Waals surface area (Å²) in [6.07, 6.45) is 2.69. The molecule has 9 nitrogen and oxygen atoms in total. The topological polar surface area (TPSA) is 89.8 Å². The summed E-state index contributed by atoms with van der Waals surface area (Å²) in [5.41, 5.74) is 1.37. The summed E-state index contributed by atoms with van der Waals surface area (Å²) in [6, 6.07) is 7.95. The number of benzene rings is 1. The van der Waals surface area contributed by atoms with Crippen LogP contribution in [0.2, 0.25) is 5.02 Å². The Balaban J connectivity index is 1.62. The van der Waals surface area contributed by atoms with Crippen molar-refractivity contribution in [2.24, 2.45) is 0 Å². The van der Waals surface area contributed by atoms with Gasteiger partial charge in [0, 0.05) is 63.1 Å². The highest BCUT2D eigenvalue weighted by Crippen LogP contribution is 2.35. The maximum atomic E-state index is 12.1. The molecule has 0 radical (unpaired) electrons. The number of halogens is 1. The highest BCUT2D eigenvalue weighted by atomic mass is 35.5. The van der Waals surface area contributed by atoms with Crippen molar-refractivity contribution in [3.63, 3.8) is 0 Å². The molecule has 0 saturated carbocycles. The molecule has 1 aliphatic rings. The van der Waals surface area contributed by atoms with Gasteiger partial charge in [0.1, 0.15) is 11.3 Å². The average Bonchev–Trinajstić information content (AvgIpc) is 3.17. The third-order valence-corrected chi connectivity index (χ3v) is 7.00. The number of carbonyl (C=O) groups is 1. The van der Waals surface area contributed by atoms with Crippen molar-refractivity contribution in [2.75, 3.05) is 57.0 Å². The quantitative estimate of drug-likeness (QED) is 0.457. The first-order valence-corrected chi connectivity index (χ1v) is 13.1. The van der Waals surface area contributed by atoms with Gasteiger partial charge in [0.2, 0.25) is 17.7 Å². The summed E-state index contributed by atoms with van der Waals surface area (Å²) in [5.74, 6) is 1.51. The number of hydrogen-bond donors (Lipinski definition) is 2. The minimum absolute atomic E-state index is 0.0744. The van der Waals surface area contributed by atoms with E-state index in [-0.39, 0.29) is 23.4 Å². The Morgan fingerprint density at radius 1 is 1.14 bits per heavy atom. The molecular formula is C27H38ClN7O2. The second-order valence-corrected chi connectivity index (χ2v) is 11.4. The smallest absolute Gasteiger partial charge is 0.236 e. The Labute approximate surface area is 224 Å². The van der Waals surface area contributed by atoms with Crippen molar-refractivity contribution in [3.05, 3.63) is 41.0 Å². The van der Waals surface area contributed by atoms with Crippen molar-refractivity contribution in [1.29, 1.82) is 0 Å². The second kappa shape index (κ2) is 10.8. The van der Waals surface area contributed by atoms with Crippen LogP contribution in [0.5, 0.6) is 5.88 Å². The monoisotopic (exact) mass is 527 g/mol. The molecule has 1 saturated heterocycles. The molecule has 0 aliphatic carbocycles. The molecule has 0 bridgehead atoms. The number of rotatable bonds is 8. The molecule has 1 aromatic carbocycles. The van der Waals surface area contributed by atoms with Gasteiger partial charge in [-0.15, -0.1) is 0 Å². The number of fused-ring (bicyclic) bond motifs is 1. The van der Waals surface area contributed by atoms with Gasteiger partial charge in [-0.1, -0.05) is 23.7 Å². The number of carbonyl (C=O) groups excluding carboxylic acids is 1. The SMILES string of the molecule is CC(C)n1cc2c(NC(C)(C)Cc3ccc(Cl)cc3)nc(N3CCN(CC(=O)N(C)C)CC3)nc2c1O. The zero-order valence-corrected chi connectivity index (χ0v) is 23.4. The summed E-state index contributed by atoms with van der Waals surface area (Å²) < 4.78 is 1.82. The molecule has 200 valence electrons. The lowest BCUT2D eigenvalue weighted by atomic mass is 9.95. The van der Waals surface area contributed by atoms with Gasteiger partial charge in [0.25, 0.3) is 0 Å². The van der Waals surface area contributed by atoms with E-state index in [1.807, 2.05) is 48.9 Å². The number of aromatic hydroxyl groups is 1. The number of piperazine rings is 1. The molecule has 1 fully saturated rings. The van der Waals surface area contributed by atoms with E-state index in [0.717, 1.165) is 24.9 Å². The number of aromatic nitrogens is 3. The van der Waals surface area contributed by atoms with Gasteiger partial charge in [-0.2, -0.15) is 4.98 Å². The predicted molar refractivity (Wildman–Crippen MR) is 150 cm³/mol. The standard InChI is InChI=1S/C27H38ClN7O2/c1-18(2)35-16-21-23(25(35)37)29-26(34-13-11-33(12-14-34)17-22(36)32(5)6)30-24(21)31-27(3,4)15-19-7-9-20(28)10-8-19/h7-10,16,18,37H,11-15,17H2,1-6H3,(H,29,30,31). The number of likely N-dealkylation sites (N-methyl/N-ethyl adjacent to an activating group) is 1. The van der Waals surface area contributed by atoms with Crippen molar-refractivity contribution < 1.29 is 9.90 Å². The zero-order valence-electron chi connectivity index (χ0n) is 22.6. The molecule has 1 aliphatic heterocycles. The molecular weight excluding hydrogens is 490 g/mol. The minimum Gasteiger partial charge on any atom is -0.493 e. The third-order valence-electron chi connectivity index (χ3n) is 6.74. The summed E-state index contributed by atoms with van der Waals surface area (Å²) in [4.78, 5) is 27.8. The van der Waals surface area contributed by atoms with Gasteiger partial charge in [-0.3, -0.25) is 9.69 Å². The molecule has 0 unspecified atom stereocenters. The van der Waals surface area contributed by atoms with E-state index < -0.39 is 0 Å². The van der Waals surface area contributed by atoms with Gasteiger partial charge in [0.05, 0.1) is 11.9 Å². The lowest BCUT2D eigenvalue weighted by Gasteiger charge is -2.35. The molecule has 0 atom stereocenters. The third kappa shape index (κ3) is 6.27. The largest absolute Gasteiger partial charge is 0.493 e. The summed E-state index contributed by atoms with van der Waals surface area (Å²) in [5, 5.41) is 16.2. The van der Waals surface area contributed by atoms with Crippen molar-refractivity contribution in [3.8, 4) is 5.88 Å². The van der Waals surface area contributed by atoms with Crippen molar-refractivity contribution >= 4 is 40.2 Å². The minimum atomic E-state index is -0.326. The van der Waals surface area contributed by atoms with E-state index >= 15 is 0 Å². The number of anilines is 2. The molecule has 3 aromatic rings. The Morgan fingerprint density at radius 2 is 1.78 bits per heavy atom. The van der Waals surface area contributed by atoms with Crippen LogP contribution in [0.4, 0.5) is 11.8 Å². The van der Waals surface area contributed by atoms with Crippen molar-refractivity contribution in [1.82, 2.24) is 24.3 Å². The van der Waals surface area contributed by atoms with Crippen LogP contribution in [0, 0.1) is 0 Å². The van der Waals surface area contributed by atoms with Crippen LogP contribution in [-0.4, -0.2) is 87.7 Å². The van der Waals surface area contributed by atoms with E-state index in [2.05, 4.69) is 29.0 Å². The normalized spacial score (nSPS) is 15.0. The highest BCUT2D eigenvalue weighted by molar-refractivity contribution is 6.30. The van der Waals surface area contributed by atoms with Crippen LogP contribution in [-0.2, 0) is 11.2 Å². The van der Waals surface area contributed by atoms with Crippen LogP contribution < -0.4 is 10.2 Å². The molecule has 4 rings (SSSR count). The van der Waals surface area contributed by atoms with E-state index in [1.54, 1.807) is 19.0 Å². The summed E-state index contributed by atoms with van der Waals surface area (Å²) >= 11 is 6.07. The maximum Gasteiger partial charge on any atom is 0.236 e. The summed E-state index contributed by atoms with van der Waals surface area (Å²) in [7, 11) is 3.56. The molecule has 37 heavy (non-hydrogen) atoms. The molecule has 0 spiro atoms. The zero-order chi connectivity index (χ0) is 26.9. The molecule has 2 N–H and O–H groups in total. The Morgan fingerprint density at radius 3 is 2.38 bits per heavy atom. The van der Waals surface area contributed by atoms with Crippen LogP contribution >= 0.6 is 11.6 Å². The molecule has 1 amide bonds. The van der Waals surface area contributed by atoms with Crippen LogP contribution in [0.15, 0.2) is 30.5 Å².